The molecule has 138 valence electrons. The summed E-state index contributed by atoms with van der Waals surface area (Å²) in [6, 6.07) is 11.4. The highest BCUT2D eigenvalue weighted by molar-refractivity contribution is 5.93. The topological polar surface area (TPSA) is 49.4 Å². The van der Waals surface area contributed by atoms with E-state index >= 15 is 0 Å². The van der Waals surface area contributed by atoms with E-state index in [1.807, 2.05) is 0 Å². The maximum Gasteiger partial charge on any atom is 0.416 e. The Morgan fingerprint density at radius 3 is 1.96 bits per heavy atom. The zero-order chi connectivity index (χ0) is 19.3. The summed E-state index contributed by atoms with van der Waals surface area (Å²) in [5.74, 6) is -0.402. The fourth-order valence-corrected chi connectivity index (χ4v) is 2.28. The highest BCUT2D eigenvalue weighted by Crippen LogP contribution is 2.29. The summed E-state index contributed by atoms with van der Waals surface area (Å²) >= 11 is 0. The van der Waals surface area contributed by atoms with E-state index in [0.717, 1.165) is 17.7 Å². The first kappa shape index (κ1) is 19.5. The van der Waals surface area contributed by atoms with Gasteiger partial charge in [-0.2, -0.15) is 13.2 Å². The van der Waals surface area contributed by atoms with E-state index in [4.69, 9.17) is 0 Å². The molecule has 0 atom stereocenters. The van der Waals surface area contributed by atoms with Crippen LogP contribution in [0.25, 0.3) is 0 Å². The fraction of sp³-hybridized carbons (Fsp3) is 0.263. The van der Waals surface area contributed by atoms with Crippen molar-refractivity contribution in [3.8, 4) is 0 Å². The Labute approximate surface area is 149 Å². The SMILES string of the molecule is CN(C)C(=O)c1ccc(CNC(=O)Cc2ccc(C(F)(F)F)cc2)cc1. The number of carbonyl (C=O) groups excluding carboxylic acids is 2. The molecule has 0 aliphatic carbocycles. The number of hydrogen-bond acceptors (Lipinski definition) is 2. The summed E-state index contributed by atoms with van der Waals surface area (Å²) < 4.78 is 37.5. The van der Waals surface area contributed by atoms with E-state index in [1.54, 1.807) is 38.4 Å². The molecule has 2 aromatic rings. The normalized spacial score (nSPS) is 11.1. The minimum absolute atomic E-state index is 0.00463. The Bertz CT molecular complexity index is 767. The first-order valence-electron chi connectivity index (χ1n) is 7.90. The maximum absolute atomic E-state index is 12.5. The Hall–Kier alpha value is -2.83. The van der Waals surface area contributed by atoms with Crippen LogP contribution in [0.2, 0.25) is 0 Å². The van der Waals surface area contributed by atoms with Crippen LogP contribution in [-0.4, -0.2) is 30.8 Å². The molecule has 0 bridgehead atoms. The van der Waals surface area contributed by atoms with Gasteiger partial charge in [0, 0.05) is 26.2 Å². The van der Waals surface area contributed by atoms with Gasteiger partial charge in [-0.05, 0) is 35.4 Å². The van der Waals surface area contributed by atoms with E-state index in [2.05, 4.69) is 5.32 Å². The molecule has 2 rings (SSSR count). The van der Waals surface area contributed by atoms with Crippen LogP contribution < -0.4 is 5.32 Å². The molecule has 0 aromatic heterocycles. The van der Waals surface area contributed by atoms with Gasteiger partial charge in [0.25, 0.3) is 5.91 Å². The number of alkyl halides is 3. The van der Waals surface area contributed by atoms with Gasteiger partial charge in [-0.15, -0.1) is 0 Å². The summed E-state index contributed by atoms with van der Waals surface area (Å²) in [4.78, 5) is 25.2. The third kappa shape index (κ3) is 5.34. The van der Waals surface area contributed by atoms with Crippen LogP contribution in [0, 0.1) is 0 Å². The van der Waals surface area contributed by atoms with Crippen LogP contribution in [0.1, 0.15) is 27.0 Å². The molecule has 0 aliphatic heterocycles. The number of amides is 2. The van der Waals surface area contributed by atoms with Crippen LogP contribution in [0.3, 0.4) is 0 Å². The number of benzene rings is 2. The highest BCUT2D eigenvalue weighted by Gasteiger charge is 2.29. The maximum atomic E-state index is 12.5. The van der Waals surface area contributed by atoms with Crippen molar-refractivity contribution in [1.29, 1.82) is 0 Å². The van der Waals surface area contributed by atoms with E-state index in [1.165, 1.54) is 17.0 Å². The molecule has 7 heteroatoms. The Morgan fingerprint density at radius 1 is 0.923 bits per heavy atom. The molecule has 0 unspecified atom stereocenters. The Morgan fingerprint density at radius 2 is 1.46 bits per heavy atom. The number of nitrogens with one attached hydrogen (secondary N) is 1. The average molecular weight is 364 g/mol. The third-order valence-electron chi connectivity index (χ3n) is 3.74. The van der Waals surface area contributed by atoms with Crippen molar-refractivity contribution < 1.29 is 22.8 Å². The van der Waals surface area contributed by atoms with E-state index in [9.17, 15) is 22.8 Å². The van der Waals surface area contributed by atoms with Crippen LogP contribution in [0.15, 0.2) is 48.5 Å². The molecule has 0 saturated carbocycles. The highest BCUT2D eigenvalue weighted by atomic mass is 19.4. The third-order valence-corrected chi connectivity index (χ3v) is 3.74. The number of carbonyl (C=O) groups is 2. The summed E-state index contributed by atoms with van der Waals surface area (Å²) in [5.41, 5.74) is 1.13. The molecule has 0 heterocycles. The van der Waals surface area contributed by atoms with Gasteiger partial charge >= 0.3 is 6.18 Å². The van der Waals surface area contributed by atoms with Gasteiger partial charge in [-0.1, -0.05) is 24.3 Å². The van der Waals surface area contributed by atoms with E-state index in [0.29, 0.717) is 11.1 Å². The number of nitrogens with zero attached hydrogens (tertiary/aromatic N) is 1. The second-order valence-corrected chi connectivity index (χ2v) is 6.04. The van der Waals surface area contributed by atoms with Crippen molar-refractivity contribution in [2.75, 3.05) is 14.1 Å². The molecule has 2 aromatic carbocycles. The van der Waals surface area contributed by atoms with E-state index < -0.39 is 11.7 Å². The number of halogens is 3. The van der Waals surface area contributed by atoms with Crippen LogP contribution in [0.5, 0.6) is 0 Å². The van der Waals surface area contributed by atoms with Gasteiger partial charge in [-0.3, -0.25) is 9.59 Å². The molecule has 4 nitrogen and oxygen atoms in total. The Balaban J connectivity index is 1.88. The standard InChI is InChI=1S/C19H19F3N2O2/c1-24(2)18(26)15-7-3-14(4-8-15)12-23-17(25)11-13-5-9-16(10-6-13)19(20,21)22/h3-10H,11-12H2,1-2H3,(H,23,25). The molecule has 0 fully saturated rings. The van der Waals surface area contributed by atoms with Crippen LogP contribution in [0.4, 0.5) is 13.2 Å². The first-order valence-corrected chi connectivity index (χ1v) is 7.90. The van der Waals surface area contributed by atoms with Gasteiger partial charge in [0.1, 0.15) is 0 Å². The molecular formula is C19H19F3N2O2. The zero-order valence-corrected chi connectivity index (χ0v) is 14.4. The van der Waals surface area contributed by atoms with Crippen molar-refractivity contribution in [2.45, 2.75) is 19.1 Å². The van der Waals surface area contributed by atoms with Gasteiger partial charge in [0.15, 0.2) is 0 Å². The summed E-state index contributed by atoms with van der Waals surface area (Å²) in [6.45, 7) is 0.274. The average Bonchev–Trinajstić information content (AvgIpc) is 2.59. The molecule has 0 radical (unpaired) electrons. The summed E-state index contributed by atoms with van der Waals surface area (Å²) in [6.07, 6.45) is -4.39. The van der Waals surface area contributed by atoms with Crippen molar-refractivity contribution >= 4 is 11.8 Å². The monoisotopic (exact) mass is 364 g/mol. The van der Waals surface area contributed by atoms with Crippen LogP contribution in [-0.2, 0) is 23.9 Å². The first-order chi connectivity index (χ1) is 12.2. The minimum atomic E-state index is -4.39. The predicted octanol–water partition coefficient (Wildman–Crippen LogP) is 3.27. The summed E-state index contributed by atoms with van der Waals surface area (Å²) in [7, 11) is 3.33. The van der Waals surface area contributed by atoms with Gasteiger partial charge in [0.2, 0.25) is 5.91 Å². The molecule has 0 saturated heterocycles. The minimum Gasteiger partial charge on any atom is -0.352 e. The molecule has 2 amide bonds. The van der Waals surface area contributed by atoms with Crippen molar-refractivity contribution in [2.24, 2.45) is 0 Å². The second-order valence-electron chi connectivity index (χ2n) is 6.04. The predicted molar refractivity (Wildman–Crippen MR) is 91.5 cm³/mol. The lowest BCUT2D eigenvalue weighted by Gasteiger charge is -2.11. The Kier molecular flexibility index (Phi) is 6.02. The molecule has 0 spiro atoms. The van der Waals surface area contributed by atoms with Gasteiger partial charge in [-0.25, -0.2) is 0 Å². The number of hydrogen-bond donors (Lipinski definition) is 1. The largest absolute Gasteiger partial charge is 0.416 e. The molecule has 1 N–H and O–H groups in total. The quantitative estimate of drug-likeness (QED) is 0.885. The van der Waals surface area contributed by atoms with Crippen molar-refractivity contribution in [1.82, 2.24) is 10.2 Å². The van der Waals surface area contributed by atoms with Gasteiger partial charge in [0.05, 0.1) is 12.0 Å². The van der Waals surface area contributed by atoms with Crippen molar-refractivity contribution in [3.63, 3.8) is 0 Å². The summed E-state index contributed by atoms with van der Waals surface area (Å²) in [5, 5.41) is 2.71. The molecular weight excluding hydrogens is 345 g/mol. The fourth-order valence-electron chi connectivity index (χ4n) is 2.28. The lowest BCUT2D eigenvalue weighted by Crippen LogP contribution is -2.25. The molecule has 0 aliphatic rings. The second kappa shape index (κ2) is 8.03. The van der Waals surface area contributed by atoms with Gasteiger partial charge < -0.3 is 10.2 Å². The van der Waals surface area contributed by atoms with E-state index in [-0.39, 0.29) is 24.8 Å². The van der Waals surface area contributed by atoms with Crippen molar-refractivity contribution in [3.05, 3.63) is 70.8 Å². The number of rotatable bonds is 5. The zero-order valence-electron chi connectivity index (χ0n) is 14.4. The van der Waals surface area contributed by atoms with Crippen LogP contribution >= 0.6 is 0 Å². The molecule has 26 heavy (non-hydrogen) atoms. The lowest BCUT2D eigenvalue weighted by molar-refractivity contribution is -0.137. The smallest absolute Gasteiger partial charge is 0.352 e. The lowest BCUT2D eigenvalue weighted by atomic mass is 10.1.